The lowest BCUT2D eigenvalue weighted by Crippen LogP contribution is -2.61. The second-order valence-corrected chi connectivity index (χ2v) is 16.3. The molecule has 0 fully saturated rings. The number of carbonyl (C=O) groups excluding carboxylic acids is 9. The van der Waals surface area contributed by atoms with Crippen LogP contribution in [0.5, 0.6) is 0 Å². The van der Waals surface area contributed by atoms with Crippen LogP contribution in [0.15, 0.2) is 30.3 Å². The topological polar surface area (TPSA) is 278 Å². The first-order chi connectivity index (χ1) is 28.9. The molecular formula is C44H72N8O9. The molecule has 0 aliphatic carbocycles. The second kappa shape index (κ2) is 29.0. The van der Waals surface area contributed by atoms with E-state index in [4.69, 9.17) is 11.5 Å². The van der Waals surface area contributed by atoms with E-state index in [1.807, 2.05) is 25.1 Å². The number of hydrogen-bond donors (Lipinski definition) is 8. The Labute approximate surface area is 361 Å². The van der Waals surface area contributed by atoms with Crippen LogP contribution in [-0.4, -0.2) is 89.8 Å². The van der Waals surface area contributed by atoms with Crippen molar-refractivity contribution in [2.75, 3.05) is 0 Å². The number of carbonyl (C=O) groups is 9. The van der Waals surface area contributed by atoms with Crippen LogP contribution in [-0.2, 0) is 49.6 Å². The van der Waals surface area contributed by atoms with Crippen molar-refractivity contribution >= 4 is 53.5 Å². The van der Waals surface area contributed by atoms with E-state index in [2.05, 4.69) is 38.8 Å². The number of primary amides is 2. The number of amides is 8. The third-order valence-corrected chi connectivity index (χ3v) is 10.8. The van der Waals surface area contributed by atoms with Crippen molar-refractivity contribution in [1.82, 2.24) is 31.9 Å². The Bertz CT molecular complexity index is 1590. The molecule has 0 heterocycles. The highest BCUT2D eigenvalue weighted by atomic mass is 16.2. The number of rotatable bonds is 31. The molecule has 8 atom stereocenters. The molecule has 8 amide bonds. The van der Waals surface area contributed by atoms with E-state index in [1.165, 1.54) is 0 Å². The Balaban J connectivity index is 3.30. The summed E-state index contributed by atoms with van der Waals surface area (Å²) >= 11 is 0. The number of nitrogens with two attached hydrogens (primary N) is 2. The normalized spacial score (nSPS) is 15.0. The minimum Gasteiger partial charge on any atom is -0.370 e. The Kier molecular flexibility index (Phi) is 25.5. The highest BCUT2D eigenvalue weighted by Gasteiger charge is 2.36. The Morgan fingerprint density at radius 2 is 1.02 bits per heavy atom. The molecule has 0 saturated carbocycles. The maximum atomic E-state index is 14.0. The molecule has 17 heteroatoms. The SMILES string of the molecule is CCCCCCCC(=O)N[C@H](C(=O)N[C@@H](CCC(N)=O)C(=O)N[C@H](C(=O)N[C@H](CCC(N)=O)C(=O)N[C@H](C(=O)N[C@H](C=O)Cc1ccccc1)C(C)C)[C@@H](C)CC)[C@@H](C)CC. The monoisotopic (exact) mass is 857 g/mol. The van der Waals surface area contributed by atoms with Gasteiger partial charge >= 0.3 is 0 Å². The molecule has 1 aromatic carbocycles. The van der Waals surface area contributed by atoms with E-state index in [0.29, 0.717) is 25.5 Å². The zero-order chi connectivity index (χ0) is 46.1. The fourth-order valence-corrected chi connectivity index (χ4v) is 6.49. The van der Waals surface area contributed by atoms with E-state index in [1.54, 1.807) is 46.8 Å². The average molecular weight is 857 g/mol. The van der Waals surface area contributed by atoms with Gasteiger partial charge in [-0.2, -0.15) is 0 Å². The van der Waals surface area contributed by atoms with Crippen LogP contribution in [0.25, 0.3) is 0 Å². The van der Waals surface area contributed by atoms with Gasteiger partial charge in [0.2, 0.25) is 47.3 Å². The van der Waals surface area contributed by atoms with Gasteiger partial charge in [0.1, 0.15) is 36.5 Å². The van der Waals surface area contributed by atoms with Gasteiger partial charge in [-0.25, -0.2) is 0 Å². The van der Waals surface area contributed by atoms with Crippen LogP contribution in [0, 0.1) is 17.8 Å². The second-order valence-electron chi connectivity index (χ2n) is 16.3. The zero-order valence-corrected chi connectivity index (χ0v) is 37.2. The van der Waals surface area contributed by atoms with Crippen molar-refractivity contribution in [3.05, 3.63) is 35.9 Å². The maximum absolute atomic E-state index is 14.0. The van der Waals surface area contributed by atoms with Crippen molar-refractivity contribution in [3.63, 3.8) is 0 Å². The van der Waals surface area contributed by atoms with E-state index < -0.39 is 89.4 Å². The molecule has 17 nitrogen and oxygen atoms in total. The first-order valence-electron chi connectivity index (χ1n) is 21.8. The molecule has 61 heavy (non-hydrogen) atoms. The Morgan fingerprint density at radius 1 is 0.557 bits per heavy atom. The number of benzene rings is 1. The smallest absolute Gasteiger partial charge is 0.243 e. The number of unbranched alkanes of at least 4 members (excludes halogenated alkanes) is 4. The van der Waals surface area contributed by atoms with Crippen LogP contribution in [0.1, 0.15) is 131 Å². The summed E-state index contributed by atoms with van der Waals surface area (Å²) in [7, 11) is 0. The van der Waals surface area contributed by atoms with E-state index in [9.17, 15) is 43.2 Å². The zero-order valence-electron chi connectivity index (χ0n) is 37.2. The fraction of sp³-hybridized carbons (Fsp3) is 0.659. The molecule has 0 bridgehead atoms. The third kappa shape index (κ3) is 20.7. The summed E-state index contributed by atoms with van der Waals surface area (Å²) in [6, 6.07) is 2.03. The van der Waals surface area contributed by atoms with Gasteiger partial charge in [0.15, 0.2) is 0 Å². The molecule has 0 radical (unpaired) electrons. The molecule has 0 aromatic heterocycles. The van der Waals surface area contributed by atoms with Crippen molar-refractivity contribution in [2.24, 2.45) is 29.2 Å². The van der Waals surface area contributed by atoms with Crippen molar-refractivity contribution in [3.8, 4) is 0 Å². The minimum absolute atomic E-state index is 0.209. The molecule has 10 N–H and O–H groups in total. The van der Waals surface area contributed by atoms with E-state index in [0.717, 1.165) is 31.2 Å². The quantitative estimate of drug-likeness (QED) is 0.0400. The predicted molar refractivity (Wildman–Crippen MR) is 232 cm³/mol. The van der Waals surface area contributed by atoms with Crippen LogP contribution in [0.3, 0.4) is 0 Å². The van der Waals surface area contributed by atoms with Gasteiger partial charge in [0.25, 0.3) is 0 Å². The molecule has 1 aromatic rings. The van der Waals surface area contributed by atoms with Gasteiger partial charge in [-0.15, -0.1) is 0 Å². The lowest BCUT2D eigenvalue weighted by Gasteiger charge is -2.30. The summed E-state index contributed by atoms with van der Waals surface area (Å²) in [5, 5.41) is 16.1. The van der Waals surface area contributed by atoms with Gasteiger partial charge in [-0.05, 0) is 49.0 Å². The first kappa shape index (κ1) is 53.7. The summed E-state index contributed by atoms with van der Waals surface area (Å²) in [5.74, 6) is -6.79. The van der Waals surface area contributed by atoms with Crippen LogP contribution >= 0.6 is 0 Å². The molecule has 0 saturated heterocycles. The molecule has 342 valence electrons. The van der Waals surface area contributed by atoms with Gasteiger partial charge in [0.05, 0.1) is 6.04 Å². The highest BCUT2D eigenvalue weighted by molar-refractivity contribution is 5.97. The summed E-state index contributed by atoms with van der Waals surface area (Å²) in [4.78, 5) is 117. The summed E-state index contributed by atoms with van der Waals surface area (Å²) in [6.07, 6.45) is 5.60. The Hall–Kier alpha value is -5.35. The van der Waals surface area contributed by atoms with E-state index in [-0.39, 0.29) is 50.4 Å². The first-order valence-corrected chi connectivity index (χ1v) is 21.8. The standard InChI is InChI=1S/C44H72N8O9/c1-8-11-12-13-17-20-36(56)50-38(28(6)9-2)43(60)48-33(22-24-35(46)55)41(58)52-39(29(7)10-3)44(61)49-32(21-23-34(45)54)40(57)51-37(27(4)5)42(59)47-31(26-53)25-30-18-15-14-16-19-30/h14-16,18-19,26-29,31-33,37-39H,8-13,17,20-25H2,1-7H3,(H2,45,54)(H2,46,55)(H,47,59)(H,48,60)(H,49,61)(H,50,56)(H,51,57)(H,52,58)/t28-,29-,31-,32+,33-,37-,38-,39-/m0/s1. The minimum atomic E-state index is -1.39. The number of aldehydes is 1. The summed E-state index contributed by atoms with van der Waals surface area (Å²) in [6.45, 7) is 12.6. The van der Waals surface area contributed by atoms with Crippen molar-refractivity contribution in [1.29, 1.82) is 0 Å². The number of nitrogens with one attached hydrogen (secondary N) is 6. The lowest BCUT2D eigenvalue weighted by molar-refractivity contribution is -0.136. The highest BCUT2D eigenvalue weighted by Crippen LogP contribution is 2.14. The molecule has 0 aliphatic heterocycles. The molecule has 1 rings (SSSR count). The summed E-state index contributed by atoms with van der Waals surface area (Å²) in [5.41, 5.74) is 11.6. The molecule has 0 unspecified atom stereocenters. The third-order valence-electron chi connectivity index (χ3n) is 10.8. The van der Waals surface area contributed by atoms with Crippen molar-refractivity contribution in [2.45, 2.75) is 168 Å². The van der Waals surface area contributed by atoms with Crippen LogP contribution in [0.2, 0.25) is 0 Å². The van der Waals surface area contributed by atoms with Crippen LogP contribution < -0.4 is 43.4 Å². The van der Waals surface area contributed by atoms with Gasteiger partial charge < -0.3 is 48.2 Å². The van der Waals surface area contributed by atoms with Crippen molar-refractivity contribution < 1.29 is 43.2 Å². The van der Waals surface area contributed by atoms with Crippen LogP contribution in [0.4, 0.5) is 0 Å². The molecule has 0 aliphatic rings. The van der Waals surface area contributed by atoms with Gasteiger partial charge in [-0.1, -0.05) is 117 Å². The number of hydrogen-bond acceptors (Lipinski definition) is 9. The Morgan fingerprint density at radius 3 is 1.46 bits per heavy atom. The largest absolute Gasteiger partial charge is 0.370 e. The summed E-state index contributed by atoms with van der Waals surface area (Å²) < 4.78 is 0. The average Bonchev–Trinajstić information content (AvgIpc) is 3.22. The fourth-order valence-electron chi connectivity index (χ4n) is 6.49. The van der Waals surface area contributed by atoms with Gasteiger partial charge in [0, 0.05) is 19.3 Å². The lowest BCUT2D eigenvalue weighted by atomic mass is 9.95. The van der Waals surface area contributed by atoms with E-state index >= 15 is 0 Å². The predicted octanol–water partition coefficient (Wildman–Crippen LogP) is 1.98. The molecule has 0 spiro atoms. The maximum Gasteiger partial charge on any atom is 0.243 e. The van der Waals surface area contributed by atoms with Gasteiger partial charge in [-0.3, -0.25) is 38.4 Å². The molecular weight excluding hydrogens is 785 g/mol.